The average molecular weight is 415 g/mol. The van der Waals surface area contributed by atoms with E-state index in [4.69, 9.17) is 4.74 Å². The van der Waals surface area contributed by atoms with Crippen molar-refractivity contribution in [2.24, 2.45) is 5.10 Å². The van der Waals surface area contributed by atoms with Crippen LogP contribution in [0.1, 0.15) is 27.0 Å². The highest BCUT2D eigenvalue weighted by atomic mass is 16.5. The van der Waals surface area contributed by atoms with Gasteiger partial charge in [-0.1, -0.05) is 35.9 Å². The number of nitrogens with zero attached hydrogens (tertiary/aromatic N) is 1. The third kappa shape index (κ3) is 6.11. The quantitative estimate of drug-likeness (QED) is 0.219. The second-order valence-corrected chi connectivity index (χ2v) is 6.79. The zero-order chi connectivity index (χ0) is 22.2. The predicted octanol–water partition coefficient (Wildman–Crippen LogP) is 3.61. The van der Waals surface area contributed by atoms with Gasteiger partial charge in [0.05, 0.1) is 11.8 Å². The first-order valence-corrected chi connectivity index (χ1v) is 9.51. The molecule has 0 fully saturated rings. The van der Waals surface area contributed by atoms with Crippen molar-refractivity contribution in [2.75, 3.05) is 5.32 Å². The van der Waals surface area contributed by atoms with Gasteiger partial charge in [-0.25, -0.2) is 10.2 Å². The van der Waals surface area contributed by atoms with Crippen LogP contribution in [0.5, 0.6) is 5.75 Å². The molecule has 2 amide bonds. The van der Waals surface area contributed by atoms with Crippen LogP contribution < -0.4 is 15.5 Å². The highest BCUT2D eigenvalue weighted by Gasteiger charge is 2.13. The number of amides is 2. The van der Waals surface area contributed by atoms with Crippen molar-refractivity contribution in [1.82, 2.24) is 5.43 Å². The summed E-state index contributed by atoms with van der Waals surface area (Å²) in [5.74, 6) is -1.77. The Kier molecular flexibility index (Phi) is 6.90. The molecule has 0 saturated carbocycles. The fourth-order valence-electron chi connectivity index (χ4n) is 2.63. The van der Waals surface area contributed by atoms with Gasteiger partial charge in [0.25, 0.3) is 0 Å². The minimum atomic E-state index is -0.888. The second-order valence-electron chi connectivity index (χ2n) is 6.79. The molecule has 0 aromatic heterocycles. The van der Waals surface area contributed by atoms with Gasteiger partial charge in [-0.05, 0) is 67.4 Å². The van der Waals surface area contributed by atoms with Crippen LogP contribution in [0.25, 0.3) is 0 Å². The summed E-state index contributed by atoms with van der Waals surface area (Å²) in [6, 6.07) is 20.8. The fourth-order valence-corrected chi connectivity index (χ4v) is 2.63. The lowest BCUT2D eigenvalue weighted by Gasteiger charge is -2.06. The molecule has 2 N–H and O–H groups in total. The number of anilines is 1. The minimum absolute atomic E-state index is 0.381. The number of rotatable bonds is 5. The minimum Gasteiger partial charge on any atom is -0.423 e. The molecule has 31 heavy (non-hydrogen) atoms. The third-order valence-corrected chi connectivity index (χ3v) is 4.35. The highest BCUT2D eigenvalue weighted by molar-refractivity contribution is 6.39. The van der Waals surface area contributed by atoms with Gasteiger partial charge in [-0.15, -0.1) is 0 Å². The average Bonchev–Trinajstić information content (AvgIpc) is 2.76. The Hall–Kier alpha value is -4.26. The summed E-state index contributed by atoms with van der Waals surface area (Å²) in [6.07, 6.45) is 1.38. The van der Waals surface area contributed by atoms with E-state index in [2.05, 4.69) is 15.8 Å². The normalized spacial score (nSPS) is 10.5. The molecule has 0 unspecified atom stereocenters. The van der Waals surface area contributed by atoms with E-state index in [1.54, 1.807) is 48.5 Å². The van der Waals surface area contributed by atoms with Gasteiger partial charge in [-0.3, -0.25) is 9.59 Å². The summed E-state index contributed by atoms with van der Waals surface area (Å²) < 4.78 is 5.37. The predicted molar refractivity (Wildman–Crippen MR) is 118 cm³/mol. The molecule has 0 radical (unpaired) electrons. The summed E-state index contributed by atoms with van der Waals surface area (Å²) in [5.41, 5.74) is 5.71. The van der Waals surface area contributed by atoms with Gasteiger partial charge in [-0.2, -0.15) is 5.10 Å². The van der Waals surface area contributed by atoms with Crippen LogP contribution in [0, 0.1) is 13.8 Å². The van der Waals surface area contributed by atoms with E-state index < -0.39 is 17.8 Å². The summed E-state index contributed by atoms with van der Waals surface area (Å²) >= 11 is 0. The molecule has 3 aromatic rings. The zero-order valence-corrected chi connectivity index (χ0v) is 17.1. The maximum absolute atomic E-state index is 12.2. The summed E-state index contributed by atoms with van der Waals surface area (Å²) in [6.45, 7) is 3.76. The van der Waals surface area contributed by atoms with E-state index in [0.29, 0.717) is 22.6 Å². The Bertz CT molecular complexity index is 1120. The Morgan fingerprint density at radius 3 is 2.19 bits per heavy atom. The lowest BCUT2D eigenvalue weighted by atomic mass is 10.1. The lowest BCUT2D eigenvalue weighted by molar-refractivity contribution is -0.136. The lowest BCUT2D eigenvalue weighted by Crippen LogP contribution is -2.32. The number of aryl methyl sites for hydroxylation is 2. The number of benzene rings is 3. The van der Waals surface area contributed by atoms with Crippen LogP contribution >= 0.6 is 0 Å². The van der Waals surface area contributed by atoms with E-state index in [1.807, 2.05) is 38.1 Å². The molecule has 0 atom stereocenters. The van der Waals surface area contributed by atoms with Crippen molar-refractivity contribution in [1.29, 1.82) is 0 Å². The molecule has 7 heteroatoms. The van der Waals surface area contributed by atoms with Crippen LogP contribution in [-0.4, -0.2) is 24.0 Å². The maximum Gasteiger partial charge on any atom is 0.343 e. The number of esters is 1. The molecular formula is C24H21N3O4. The molecule has 0 heterocycles. The Morgan fingerprint density at radius 2 is 1.52 bits per heavy atom. The Morgan fingerprint density at radius 1 is 0.839 bits per heavy atom. The van der Waals surface area contributed by atoms with Crippen LogP contribution in [-0.2, 0) is 9.59 Å². The largest absolute Gasteiger partial charge is 0.423 e. The topological polar surface area (TPSA) is 96.9 Å². The maximum atomic E-state index is 12.2. The first-order chi connectivity index (χ1) is 14.9. The van der Waals surface area contributed by atoms with Crippen LogP contribution in [0.15, 0.2) is 77.9 Å². The van der Waals surface area contributed by atoms with Gasteiger partial charge < -0.3 is 10.1 Å². The molecule has 0 saturated heterocycles. The number of carbonyl (C=O) groups is 3. The molecule has 156 valence electrons. The number of ether oxygens (including phenoxy) is 1. The smallest absolute Gasteiger partial charge is 0.343 e. The molecule has 0 spiro atoms. The first-order valence-electron chi connectivity index (χ1n) is 9.51. The standard InChI is InChI=1S/C24H21N3O4/c1-16-7-11-19(12-8-16)26-22(28)23(29)27-25-15-18-9-13-20(14-10-18)31-24(30)21-6-4-3-5-17(21)2/h3-15H,1-2H3,(H,26,28)(H,27,29)/b25-15+. The van der Waals surface area contributed by atoms with Gasteiger partial charge in [0.15, 0.2) is 0 Å². The molecule has 0 aliphatic heterocycles. The van der Waals surface area contributed by atoms with Crippen LogP contribution in [0.3, 0.4) is 0 Å². The molecular weight excluding hydrogens is 394 g/mol. The van der Waals surface area contributed by atoms with Gasteiger partial charge >= 0.3 is 17.8 Å². The van der Waals surface area contributed by atoms with Crippen molar-refractivity contribution in [3.8, 4) is 5.75 Å². The highest BCUT2D eigenvalue weighted by Crippen LogP contribution is 2.15. The summed E-state index contributed by atoms with van der Waals surface area (Å²) in [7, 11) is 0. The van der Waals surface area contributed by atoms with E-state index >= 15 is 0 Å². The van der Waals surface area contributed by atoms with E-state index in [9.17, 15) is 14.4 Å². The van der Waals surface area contributed by atoms with Gasteiger partial charge in [0, 0.05) is 5.69 Å². The summed E-state index contributed by atoms with van der Waals surface area (Å²) in [5, 5.41) is 6.26. The summed E-state index contributed by atoms with van der Waals surface area (Å²) in [4.78, 5) is 36.0. The Balaban J connectivity index is 1.51. The zero-order valence-electron chi connectivity index (χ0n) is 17.1. The SMILES string of the molecule is Cc1ccc(NC(=O)C(=O)N/N=C/c2ccc(OC(=O)c3ccccc3C)cc2)cc1. The van der Waals surface area contributed by atoms with Crippen LogP contribution in [0.2, 0.25) is 0 Å². The second kappa shape index (κ2) is 9.98. The number of hydrogen-bond donors (Lipinski definition) is 2. The Labute approximate surface area is 179 Å². The van der Waals surface area contributed by atoms with Gasteiger partial charge in [0.1, 0.15) is 5.75 Å². The van der Waals surface area contributed by atoms with E-state index in [0.717, 1.165) is 11.1 Å². The number of hydrazone groups is 1. The molecule has 0 bridgehead atoms. The van der Waals surface area contributed by atoms with E-state index in [1.165, 1.54) is 6.21 Å². The molecule has 0 aliphatic carbocycles. The molecule has 3 rings (SSSR count). The van der Waals surface area contributed by atoms with Crippen molar-refractivity contribution in [2.45, 2.75) is 13.8 Å². The monoisotopic (exact) mass is 415 g/mol. The van der Waals surface area contributed by atoms with Gasteiger partial charge in [0.2, 0.25) is 0 Å². The van der Waals surface area contributed by atoms with Crippen LogP contribution in [0.4, 0.5) is 5.69 Å². The van der Waals surface area contributed by atoms with E-state index in [-0.39, 0.29) is 0 Å². The molecule has 7 nitrogen and oxygen atoms in total. The fraction of sp³-hybridized carbons (Fsp3) is 0.0833. The number of hydrogen-bond acceptors (Lipinski definition) is 5. The van der Waals surface area contributed by atoms with Crippen molar-refractivity contribution < 1.29 is 19.1 Å². The molecule has 0 aliphatic rings. The van der Waals surface area contributed by atoms with Crippen molar-refractivity contribution in [3.05, 3.63) is 95.1 Å². The van der Waals surface area contributed by atoms with Crippen molar-refractivity contribution >= 4 is 29.7 Å². The third-order valence-electron chi connectivity index (χ3n) is 4.35. The first kappa shape index (κ1) is 21.4. The number of nitrogens with one attached hydrogen (secondary N) is 2. The van der Waals surface area contributed by atoms with Crippen molar-refractivity contribution in [3.63, 3.8) is 0 Å². The number of carbonyl (C=O) groups excluding carboxylic acids is 3. The molecule has 3 aromatic carbocycles.